The van der Waals surface area contributed by atoms with Gasteiger partial charge in [-0.05, 0) is 25.0 Å². The highest BCUT2D eigenvalue weighted by Gasteiger charge is 2.37. The molecule has 104 valence electrons. The summed E-state index contributed by atoms with van der Waals surface area (Å²) in [4.78, 5) is 13.1. The van der Waals surface area contributed by atoms with Crippen molar-refractivity contribution >= 4 is 5.97 Å². The van der Waals surface area contributed by atoms with Crippen LogP contribution in [0.3, 0.4) is 0 Å². The smallest absolute Gasteiger partial charge is 0.308 e. The van der Waals surface area contributed by atoms with Crippen LogP contribution >= 0.6 is 0 Å². The van der Waals surface area contributed by atoms with E-state index in [1.165, 1.54) is 12.1 Å². The second kappa shape index (κ2) is 5.09. The molecule has 1 aromatic carbocycles. The molecular weight excluding hydrogens is 246 g/mol. The summed E-state index contributed by atoms with van der Waals surface area (Å²) in [7, 11) is 0. The van der Waals surface area contributed by atoms with E-state index in [0.717, 1.165) is 0 Å². The molecule has 0 radical (unpaired) electrons. The molecule has 19 heavy (non-hydrogen) atoms. The van der Waals surface area contributed by atoms with E-state index < -0.39 is 11.9 Å². The molecule has 3 atom stereocenters. The Hall–Kier alpha value is -1.75. The first-order chi connectivity index (χ1) is 8.91. The minimum atomic E-state index is -0.788. The highest BCUT2D eigenvalue weighted by Crippen LogP contribution is 2.38. The zero-order valence-corrected chi connectivity index (χ0v) is 11.1. The van der Waals surface area contributed by atoms with Crippen molar-refractivity contribution < 1.29 is 20.1 Å². The van der Waals surface area contributed by atoms with Gasteiger partial charge < -0.3 is 15.3 Å². The lowest BCUT2D eigenvalue weighted by molar-refractivity contribution is -0.142. The van der Waals surface area contributed by atoms with Crippen LogP contribution in [0.5, 0.6) is 11.5 Å². The molecule has 0 spiro atoms. The molecule has 0 bridgehead atoms. The van der Waals surface area contributed by atoms with Crippen molar-refractivity contribution in [2.24, 2.45) is 11.8 Å². The largest absolute Gasteiger partial charge is 0.507 e. The summed E-state index contributed by atoms with van der Waals surface area (Å²) < 4.78 is 0. The summed E-state index contributed by atoms with van der Waals surface area (Å²) in [6.07, 6.45) is 0. The van der Waals surface area contributed by atoms with Gasteiger partial charge in [0.05, 0.1) is 11.5 Å². The number of carboxylic acid groups (broad SMARTS) is 1. The number of benzene rings is 1. The van der Waals surface area contributed by atoms with Gasteiger partial charge in [0.25, 0.3) is 0 Å². The van der Waals surface area contributed by atoms with Gasteiger partial charge in [-0.25, -0.2) is 0 Å². The molecule has 1 aliphatic rings. The lowest BCUT2D eigenvalue weighted by atomic mass is 9.99. The molecule has 0 aliphatic carbocycles. The number of rotatable bonds is 3. The molecule has 0 amide bonds. The van der Waals surface area contributed by atoms with Crippen LogP contribution in [0.15, 0.2) is 18.2 Å². The molecule has 5 nitrogen and oxygen atoms in total. The van der Waals surface area contributed by atoms with Gasteiger partial charge in [-0.15, -0.1) is 0 Å². The van der Waals surface area contributed by atoms with Crippen LogP contribution in [0.2, 0.25) is 0 Å². The molecule has 1 aromatic rings. The van der Waals surface area contributed by atoms with Crippen LogP contribution in [-0.4, -0.2) is 39.3 Å². The summed E-state index contributed by atoms with van der Waals surface area (Å²) in [6, 6.07) is 4.42. The fourth-order valence-corrected chi connectivity index (χ4v) is 2.79. The highest BCUT2D eigenvalue weighted by atomic mass is 16.4. The molecule has 1 fully saturated rings. The van der Waals surface area contributed by atoms with Crippen molar-refractivity contribution in [1.29, 1.82) is 0 Å². The minimum Gasteiger partial charge on any atom is -0.507 e. The molecule has 0 saturated carbocycles. The third-order valence-electron chi connectivity index (χ3n) is 3.98. The van der Waals surface area contributed by atoms with Crippen molar-refractivity contribution in [3.05, 3.63) is 23.8 Å². The Morgan fingerprint density at radius 1 is 1.32 bits per heavy atom. The Bertz CT molecular complexity index is 468. The average Bonchev–Trinajstić information content (AvgIpc) is 2.71. The van der Waals surface area contributed by atoms with Crippen LogP contribution in [0, 0.1) is 11.8 Å². The van der Waals surface area contributed by atoms with E-state index >= 15 is 0 Å². The number of aliphatic carboxylic acids is 1. The van der Waals surface area contributed by atoms with E-state index in [-0.39, 0.29) is 23.5 Å². The predicted molar refractivity (Wildman–Crippen MR) is 70.0 cm³/mol. The molecule has 3 N–H and O–H groups in total. The van der Waals surface area contributed by atoms with Crippen molar-refractivity contribution in [3.63, 3.8) is 0 Å². The SMILES string of the molecule is CC(c1c(O)cccc1O)N1C[C@@H](C)[C@H](C(=O)O)C1. The third kappa shape index (κ3) is 2.51. The number of carbonyl (C=O) groups is 1. The second-order valence-electron chi connectivity index (χ2n) is 5.26. The third-order valence-corrected chi connectivity index (χ3v) is 3.98. The van der Waals surface area contributed by atoms with E-state index in [4.69, 9.17) is 5.11 Å². The molecule has 1 saturated heterocycles. The molecular formula is C14H19NO4. The zero-order valence-electron chi connectivity index (χ0n) is 11.1. The normalized spacial score (nSPS) is 25.4. The number of nitrogens with zero attached hydrogens (tertiary/aromatic N) is 1. The van der Waals surface area contributed by atoms with Crippen molar-refractivity contribution in [2.45, 2.75) is 19.9 Å². The van der Waals surface area contributed by atoms with E-state index in [1.54, 1.807) is 6.07 Å². The first-order valence-corrected chi connectivity index (χ1v) is 6.39. The summed E-state index contributed by atoms with van der Waals surface area (Å²) in [6.45, 7) is 4.86. The topological polar surface area (TPSA) is 81.0 Å². The van der Waals surface area contributed by atoms with Gasteiger partial charge in [0.1, 0.15) is 11.5 Å². The molecule has 1 unspecified atom stereocenters. The first kappa shape index (κ1) is 13.7. The van der Waals surface area contributed by atoms with Crippen molar-refractivity contribution in [2.75, 3.05) is 13.1 Å². The summed E-state index contributed by atoms with van der Waals surface area (Å²) in [5, 5.41) is 28.9. The van der Waals surface area contributed by atoms with E-state index in [9.17, 15) is 15.0 Å². The minimum absolute atomic E-state index is 0.0407. The number of likely N-dealkylation sites (tertiary alicyclic amines) is 1. The van der Waals surface area contributed by atoms with Crippen LogP contribution in [0.4, 0.5) is 0 Å². The average molecular weight is 265 g/mol. The molecule has 0 aromatic heterocycles. The number of phenols is 2. The standard InChI is InChI=1S/C14H19NO4/c1-8-6-15(7-10(8)14(18)19)9(2)13-11(16)4-3-5-12(13)17/h3-5,8-10,16-17H,6-7H2,1-2H3,(H,18,19)/t8-,9?,10-/m1/s1. The maximum atomic E-state index is 11.1. The maximum absolute atomic E-state index is 11.1. The summed E-state index contributed by atoms with van der Waals surface area (Å²) in [5.41, 5.74) is 0.459. The van der Waals surface area contributed by atoms with Crippen molar-refractivity contribution in [3.8, 4) is 11.5 Å². The molecule has 2 rings (SSSR count). The molecule has 1 heterocycles. The lowest BCUT2D eigenvalue weighted by Gasteiger charge is -2.25. The summed E-state index contributed by atoms with van der Waals surface area (Å²) >= 11 is 0. The number of aromatic hydroxyl groups is 2. The van der Waals surface area contributed by atoms with Gasteiger partial charge in [0, 0.05) is 19.1 Å². The molecule has 1 aliphatic heterocycles. The van der Waals surface area contributed by atoms with Gasteiger partial charge in [0.15, 0.2) is 0 Å². The number of hydrogen-bond acceptors (Lipinski definition) is 4. The van der Waals surface area contributed by atoms with Gasteiger partial charge in [0.2, 0.25) is 0 Å². The fourth-order valence-electron chi connectivity index (χ4n) is 2.79. The van der Waals surface area contributed by atoms with Gasteiger partial charge in [-0.3, -0.25) is 9.69 Å². The summed E-state index contributed by atoms with van der Waals surface area (Å²) in [5.74, 6) is -1.04. The first-order valence-electron chi connectivity index (χ1n) is 6.39. The number of carboxylic acids is 1. The van der Waals surface area contributed by atoms with E-state index in [2.05, 4.69) is 0 Å². The Kier molecular flexibility index (Phi) is 3.66. The van der Waals surface area contributed by atoms with Gasteiger partial charge in [-0.2, -0.15) is 0 Å². The zero-order chi connectivity index (χ0) is 14.2. The Morgan fingerprint density at radius 2 is 1.89 bits per heavy atom. The maximum Gasteiger partial charge on any atom is 0.308 e. The fraction of sp³-hybridized carbons (Fsp3) is 0.500. The predicted octanol–water partition coefficient (Wildman–Crippen LogP) is 1.81. The van der Waals surface area contributed by atoms with Crippen LogP contribution in [0.25, 0.3) is 0 Å². The quantitative estimate of drug-likeness (QED) is 0.776. The number of phenolic OH excluding ortho intramolecular Hbond substituents is 2. The Morgan fingerprint density at radius 3 is 2.37 bits per heavy atom. The van der Waals surface area contributed by atoms with Crippen LogP contribution in [-0.2, 0) is 4.79 Å². The Labute approximate surface area is 112 Å². The van der Waals surface area contributed by atoms with Gasteiger partial charge >= 0.3 is 5.97 Å². The number of hydrogen-bond donors (Lipinski definition) is 3. The van der Waals surface area contributed by atoms with Crippen molar-refractivity contribution in [1.82, 2.24) is 4.90 Å². The van der Waals surface area contributed by atoms with E-state index in [1.807, 2.05) is 18.7 Å². The second-order valence-corrected chi connectivity index (χ2v) is 5.26. The molecule has 5 heteroatoms. The van der Waals surface area contributed by atoms with Crippen LogP contribution < -0.4 is 0 Å². The Balaban J connectivity index is 2.22. The monoisotopic (exact) mass is 265 g/mol. The van der Waals surface area contributed by atoms with Gasteiger partial charge in [-0.1, -0.05) is 13.0 Å². The highest BCUT2D eigenvalue weighted by molar-refractivity contribution is 5.71. The van der Waals surface area contributed by atoms with E-state index in [0.29, 0.717) is 18.7 Å². The lowest BCUT2D eigenvalue weighted by Crippen LogP contribution is -2.26. The van der Waals surface area contributed by atoms with Crippen LogP contribution in [0.1, 0.15) is 25.5 Å².